The highest BCUT2D eigenvalue weighted by molar-refractivity contribution is 5.57. The Labute approximate surface area is 155 Å². The molecule has 0 saturated heterocycles. The Hall–Kier alpha value is -1.19. The summed E-state index contributed by atoms with van der Waals surface area (Å²) in [5, 5.41) is 0. The number of hydrogen-bond acceptors (Lipinski definition) is 1. The molecule has 26 heavy (non-hydrogen) atoms. The summed E-state index contributed by atoms with van der Waals surface area (Å²) in [5.41, 5.74) is 1.90. The van der Waals surface area contributed by atoms with Gasteiger partial charge in [0.15, 0.2) is 0 Å². The van der Waals surface area contributed by atoms with Gasteiger partial charge in [-0.15, -0.1) is 0 Å². The van der Waals surface area contributed by atoms with Gasteiger partial charge < -0.3 is 4.57 Å². The number of aromatic nitrogens is 2. The summed E-state index contributed by atoms with van der Waals surface area (Å²) in [6, 6.07) is 0. The zero-order chi connectivity index (χ0) is 18.2. The molecule has 4 aliphatic carbocycles. The maximum Gasteiger partial charge on any atom is 0.248 e. The second-order valence-corrected chi connectivity index (χ2v) is 9.98. The maximum absolute atomic E-state index is 14.0. The van der Waals surface area contributed by atoms with E-state index in [2.05, 4.69) is 35.7 Å². The van der Waals surface area contributed by atoms with Crippen molar-refractivity contribution < 1.29 is 8.78 Å². The topological polar surface area (TPSA) is 17.8 Å². The molecule has 0 radical (unpaired) electrons. The van der Waals surface area contributed by atoms with Crippen molar-refractivity contribution in [3.8, 4) is 0 Å². The molecule has 0 aliphatic heterocycles. The Morgan fingerprint density at radius 1 is 1.12 bits per heavy atom. The fraction of sp³-hybridized carbons (Fsp3) is 0.773. The molecule has 1 aromatic heterocycles. The van der Waals surface area contributed by atoms with E-state index in [0.717, 1.165) is 25.7 Å². The van der Waals surface area contributed by atoms with Crippen LogP contribution in [0.25, 0.3) is 5.70 Å². The monoisotopic (exact) mass is 360 g/mol. The molecule has 3 fully saturated rings. The first-order chi connectivity index (χ1) is 12.3. The first-order valence-electron chi connectivity index (χ1n) is 10.4. The van der Waals surface area contributed by atoms with E-state index < -0.39 is 5.92 Å². The van der Waals surface area contributed by atoms with Gasteiger partial charge in [-0.25, -0.2) is 13.8 Å². The highest BCUT2D eigenvalue weighted by atomic mass is 19.3. The van der Waals surface area contributed by atoms with Crippen molar-refractivity contribution in [2.45, 2.75) is 71.1 Å². The molecule has 0 spiro atoms. The quantitative estimate of drug-likeness (QED) is 0.599. The summed E-state index contributed by atoms with van der Waals surface area (Å²) < 4.78 is 30.1. The second kappa shape index (κ2) is 5.42. The number of hydrogen-bond donors (Lipinski definition) is 0. The average Bonchev–Trinajstić information content (AvgIpc) is 3.21. The number of halogens is 2. The minimum atomic E-state index is -2.42. The third kappa shape index (κ3) is 2.23. The Morgan fingerprint density at radius 3 is 2.73 bits per heavy atom. The van der Waals surface area contributed by atoms with E-state index in [-0.39, 0.29) is 24.2 Å². The van der Waals surface area contributed by atoms with Crippen LogP contribution in [0.15, 0.2) is 24.8 Å². The lowest BCUT2D eigenvalue weighted by molar-refractivity contribution is -0.147. The van der Waals surface area contributed by atoms with E-state index in [0.29, 0.717) is 23.2 Å². The molecule has 0 N–H and O–H groups in total. The Kier molecular flexibility index (Phi) is 3.53. The van der Waals surface area contributed by atoms with Crippen molar-refractivity contribution in [3.05, 3.63) is 24.8 Å². The predicted octanol–water partition coefficient (Wildman–Crippen LogP) is 6.01. The molecule has 142 valence electrons. The standard InChI is InChI=1S/C22H30F2N2/c1-20-8-5-15-13-22(23,24)10-6-16(15)17(20)7-9-21(2)18(20)3-4-19(21)26-12-11-25-14-26/h4,11-12,14-18H,3,5-10,13H2,1-2H3/t15?,16?,17-,18+,20-,21+/m1/s1. The van der Waals surface area contributed by atoms with Gasteiger partial charge in [0.2, 0.25) is 5.92 Å². The van der Waals surface area contributed by atoms with Crippen LogP contribution in [-0.2, 0) is 0 Å². The fourth-order valence-corrected chi connectivity index (χ4v) is 7.70. The van der Waals surface area contributed by atoms with E-state index in [1.54, 1.807) is 0 Å². The van der Waals surface area contributed by atoms with Crippen LogP contribution in [0.3, 0.4) is 0 Å². The van der Waals surface area contributed by atoms with E-state index in [9.17, 15) is 8.78 Å². The Balaban J connectivity index is 1.45. The first kappa shape index (κ1) is 16.9. The van der Waals surface area contributed by atoms with Gasteiger partial charge in [0.1, 0.15) is 0 Å². The van der Waals surface area contributed by atoms with Crippen molar-refractivity contribution in [3.63, 3.8) is 0 Å². The van der Waals surface area contributed by atoms with Gasteiger partial charge in [-0.1, -0.05) is 19.9 Å². The van der Waals surface area contributed by atoms with Crippen LogP contribution in [0.5, 0.6) is 0 Å². The van der Waals surface area contributed by atoms with Crippen LogP contribution < -0.4 is 0 Å². The van der Waals surface area contributed by atoms with Crippen molar-refractivity contribution >= 4 is 5.70 Å². The van der Waals surface area contributed by atoms with Gasteiger partial charge in [-0.2, -0.15) is 0 Å². The van der Waals surface area contributed by atoms with Crippen molar-refractivity contribution in [1.29, 1.82) is 0 Å². The van der Waals surface area contributed by atoms with Gasteiger partial charge in [0.25, 0.3) is 0 Å². The fourth-order valence-electron chi connectivity index (χ4n) is 7.70. The smallest absolute Gasteiger partial charge is 0.248 e. The van der Waals surface area contributed by atoms with E-state index in [4.69, 9.17) is 0 Å². The van der Waals surface area contributed by atoms with Crippen LogP contribution in [0.4, 0.5) is 8.78 Å². The second-order valence-electron chi connectivity index (χ2n) is 9.98. The van der Waals surface area contributed by atoms with Crippen LogP contribution in [-0.4, -0.2) is 15.5 Å². The van der Waals surface area contributed by atoms with E-state index >= 15 is 0 Å². The lowest BCUT2D eigenvalue weighted by Gasteiger charge is -2.61. The van der Waals surface area contributed by atoms with Gasteiger partial charge in [0.05, 0.1) is 6.33 Å². The molecule has 6 atom stereocenters. The summed E-state index contributed by atoms with van der Waals surface area (Å²) in [6.07, 6.45) is 14.9. The Bertz CT molecular complexity index is 725. The average molecular weight is 360 g/mol. The highest BCUT2D eigenvalue weighted by Crippen LogP contribution is 2.69. The molecule has 4 aliphatic rings. The largest absolute Gasteiger partial charge is 0.310 e. The third-order valence-electron chi connectivity index (χ3n) is 8.88. The third-order valence-corrected chi connectivity index (χ3v) is 8.88. The molecule has 1 heterocycles. The van der Waals surface area contributed by atoms with Crippen LogP contribution >= 0.6 is 0 Å². The summed E-state index contributed by atoms with van der Waals surface area (Å²) in [7, 11) is 0. The molecule has 0 amide bonds. The molecule has 1 aromatic rings. The molecule has 4 heteroatoms. The van der Waals surface area contributed by atoms with Gasteiger partial charge in [-0.3, -0.25) is 0 Å². The van der Waals surface area contributed by atoms with Gasteiger partial charge in [-0.05, 0) is 67.6 Å². The number of allylic oxidation sites excluding steroid dienone is 2. The molecule has 0 bridgehead atoms. The lowest BCUT2D eigenvalue weighted by Crippen LogP contribution is -2.55. The summed E-state index contributed by atoms with van der Waals surface area (Å²) >= 11 is 0. The molecule has 0 aromatic carbocycles. The number of imidazole rings is 1. The van der Waals surface area contributed by atoms with Crippen molar-refractivity contribution in [1.82, 2.24) is 9.55 Å². The highest BCUT2D eigenvalue weighted by Gasteiger charge is 2.61. The zero-order valence-electron chi connectivity index (χ0n) is 15.9. The molecule has 2 unspecified atom stereocenters. The minimum absolute atomic E-state index is 0.112. The predicted molar refractivity (Wildman–Crippen MR) is 98.6 cm³/mol. The van der Waals surface area contributed by atoms with Crippen LogP contribution in [0, 0.1) is 34.5 Å². The zero-order valence-corrected chi connectivity index (χ0v) is 15.9. The van der Waals surface area contributed by atoms with E-state index in [1.165, 1.54) is 18.5 Å². The molecule has 3 saturated carbocycles. The lowest BCUT2D eigenvalue weighted by atomic mass is 9.44. The van der Waals surface area contributed by atoms with Crippen LogP contribution in [0.1, 0.15) is 65.2 Å². The van der Waals surface area contributed by atoms with Gasteiger partial charge in [0, 0.05) is 36.3 Å². The number of nitrogens with zero attached hydrogens (tertiary/aromatic N) is 2. The van der Waals surface area contributed by atoms with Crippen molar-refractivity contribution in [2.75, 3.05) is 0 Å². The van der Waals surface area contributed by atoms with Gasteiger partial charge >= 0.3 is 0 Å². The summed E-state index contributed by atoms with van der Waals surface area (Å²) in [5.74, 6) is -0.374. The number of alkyl halides is 2. The first-order valence-corrected chi connectivity index (χ1v) is 10.4. The maximum atomic E-state index is 14.0. The normalized spacial score (nSPS) is 46.8. The Morgan fingerprint density at radius 2 is 1.96 bits per heavy atom. The summed E-state index contributed by atoms with van der Waals surface area (Å²) in [6.45, 7) is 4.94. The molecule has 2 nitrogen and oxygen atoms in total. The molecular weight excluding hydrogens is 330 g/mol. The SMILES string of the molecule is C[C@@]12CCC3CC(F)(F)CCC3[C@H]1CC[C@]1(C)C(n3ccnc3)=CC[C@@H]21. The number of rotatable bonds is 1. The van der Waals surface area contributed by atoms with Crippen LogP contribution in [0.2, 0.25) is 0 Å². The summed E-state index contributed by atoms with van der Waals surface area (Å²) in [4.78, 5) is 4.25. The van der Waals surface area contributed by atoms with E-state index in [1.807, 2.05) is 12.5 Å². The number of fused-ring (bicyclic) bond motifs is 5. The molecule has 5 rings (SSSR count). The molecular formula is C22H30F2N2. The van der Waals surface area contributed by atoms with Crippen molar-refractivity contribution in [2.24, 2.45) is 34.5 Å². The minimum Gasteiger partial charge on any atom is -0.310 e.